The molecule has 0 heterocycles. The molecule has 19 heavy (non-hydrogen) atoms. The predicted molar refractivity (Wildman–Crippen MR) is 78.0 cm³/mol. The lowest BCUT2D eigenvalue weighted by atomic mass is 10.0. The summed E-state index contributed by atoms with van der Waals surface area (Å²) in [6.45, 7) is 2.01. The Bertz CT molecular complexity index is 463. The van der Waals surface area contributed by atoms with Crippen molar-refractivity contribution in [2.75, 3.05) is 7.05 Å². The van der Waals surface area contributed by atoms with E-state index in [0.29, 0.717) is 5.02 Å². The fourth-order valence-corrected chi connectivity index (χ4v) is 3.04. The number of nitrogens with two attached hydrogens (primary N) is 1. The van der Waals surface area contributed by atoms with Gasteiger partial charge in [0, 0.05) is 24.0 Å². The first-order chi connectivity index (χ1) is 9.00. The minimum absolute atomic E-state index is 0.0157. The van der Waals surface area contributed by atoms with Crippen molar-refractivity contribution in [2.24, 2.45) is 11.7 Å². The van der Waals surface area contributed by atoms with Gasteiger partial charge in [0.1, 0.15) is 0 Å². The zero-order valence-corrected chi connectivity index (χ0v) is 12.2. The Balaban J connectivity index is 2.09. The molecule has 0 spiro atoms. The molecule has 0 aliphatic heterocycles. The van der Waals surface area contributed by atoms with E-state index in [4.69, 9.17) is 17.3 Å². The molecule has 0 bridgehead atoms. The zero-order valence-electron chi connectivity index (χ0n) is 11.5. The van der Waals surface area contributed by atoms with E-state index in [-0.39, 0.29) is 23.9 Å². The van der Waals surface area contributed by atoms with Gasteiger partial charge in [-0.05, 0) is 37.8 Å². The molecule has 1 aromatic carbocycles. The molecule has 3 nitrogen and oxygen atoms in total. The van der Waals surface area contributed by atoms with Crippen molar-refractivity contribution >= 4 is 17.5 Å². The van der Waals surface area contributed by atoms with Crippen molar-refractivity contribution in [3.63, 3.8) is 0 Å². The van der Waals surface area contributed by atoms with Crippen LogP contribution in [0.1, 0.15) is 37.8 Å². The fraction of sp³-hybridized carbons (Fsp3) is 0.533. The van der Waals surface area contributed by atoms with Crippen LogP contribution in [0, 0.1) is 5.92 Å². The number of benzene rings is 1. The second kappa shape index (κ2) is 5.93. The number of carbonyl (C=O) groups excluding carboxylic acids is 1. The first-order valence-corrected chi connectivity index (χ1v) is 7.15. The lowest BCUT2D eigenvalue weighted by molar-refractivity contribution is -0.136. The smallest absolute Gasteiger partial charge is 0.225 e. The number of rotatable bonds is 3. The third-order valence-corrected chi connectivity index (χ3v) is 4.45. The highest BCUT2D eigenvalue weighted by molar-refractivity contribution is 6.31. The molecule has 1 aromatic rings. The maximum absolute atomic E-state index is 12.4. The molecule has 2 N–H and O–H groups in total. The normalized spacial score (nSPS) is 24.2. The van der Waals surface area contributed by atoms with Crippen molar-refractivity contribution in [3.05, 3.63) is 34.9 Å². The van der Waals surface area contributed by atoms with Crippen LogP contribution in [-0.4, -0.2) is 23.9 Å². The molecule has 3 atom stereocenters. The van der Waals surface area contributed by atoms with Gasteiger partial charge in [0.15, 0.2) is 0 Å². The van der Waals surface area contributed by atoms with Crippen LogP contribution in [0.2, 0.25) is 5.02 Å². The van der Waals surface area contributed by atoms with Gasteiger partial charge >= 0.3 is 0 Å². The molecule has 1 aliphatic carbocycles. The lowest BCUT2D eigenvalue weighted by Gasteiger charge is -2.28. The van der Waals surface area contributed by atoms with Crippen molar-refractivity contribution in [1.82, 2.24) is 4.90 Å². The van der Waals surface area contributed by atoms with Crippen LogP contribution < -0.4 is 5.73 Å². The van der Waals surface area contributed by atoms with E-state index in [1.54, 1.807) is 4.90 Å². The molecular formula is C15H21ClN2O. The largest absolute Gasteiger partial charge is 0.339 e. The SMILES string of the molecule is C[C@H](c1ccccc1Cl)N(C)C(=O)[C@H]1CC[C@H](N)C1. The van der Waals surface area contributed by atoms with Gasteiger partial charge in [0.25, 0.3) is 0 Å². The van der Waals surface area contributed by atoms with E-state index in [9.17, 15) is 4.79 Å². The Morgan fingerprint density at radius 1 is 1.42 bits per heavy atom. The van der Waals surface area contributed by atoms with Crippen molar-refractivity contribution in [3.8, 4) is 0 Å². The topological polar surface area (TPSA) is 46.3 Å². The number of carbonyl (C=O) groups is 1. The standard InChI is InChI=1S/C15H21ClN2O/c1-10(13-5-3-4-6-14(13)16)18(2)15(19)11-7-8-12(17)9-11/h3-6,10-12H,7-9,17H2,1-2H3/t10-,11+,12+/m1/s1. The van der Waals surface area contributed by atoms with Gasteiger partial charge in [-0.15, -0.1) is 0 Å². The highest BCUT2D eigenvalue weighted by atomic mass is 35.5. The van der Waals surface area contributed by atoms with Crippen LogP contribution in [0.15, 0.2) is 24.3 Å². The number of halogens is 1. The van der Waals surface area contributed by atoms with Crippen LogP contribution in [0.4, 0.5) is 0 Å². The molecule has 4 heteroatoms. The summed E-state index contributed by atoms with van der Waals surface area (Å²) in [5.74, 6) is 0.255. The van der Waals surface area contributed by atoms with Gasteiger partial charge in [-0.2, -0.15) is 0 Å². The Labute approximate surface area is 119 Å². The second-order valence-corrected chi connectivity index (χ2v) is 5.82. The maximum Gasteiger partial charge on any atom is 0.225 e. The van der Waals surface area contributed by atoms with E-state index >= 15 is 0 Å². The van der Waals surface area contributed by atoms with E-state index in [2.05, 4.69) is 0 Å². The summed E-state index contributed by atoms with van der Waals surface area (Å²) < 4.78 is 0. The van der Waals surface area contributed by atoms with Crippen molar-refractivity contribution in [2.45, 2.75) is 38.3 Å². The molecule has 0 saturated heterocycles. The zero-order chi connectivity index (χ0) is 14.0. The third-order valence-electron chi connectivity index (χ3n) is 4.11. The van der Waals surface area contributed by atoms with E-state index < -0.39 is 0 Å². The van der Waals surface area contributed by atoms with Crippen molar-refractivity contribution < 1.29 is 4.79 Å². The van der Waals surface area contributed by atoms with Gasteiger partial charge in [-0.3, -0.25) is 4.79 Å². The van der Waals surface area contributed by atoms with Gasteiger partial charge in [-0.1, -0.05) is 29.8 Å². The Hall–Kier alpha value is -1.06. The number of hydrogen-bond acceptors (Lipinski definition) is 2. The average molecular weight is 281 g/mol. The highest BCUT2D eigenvalue weighted by Gasteiger charge is 2.31. The molecule has 2 rings (SSSR count). The molecule has 0 unspecified atom stereocenters. The van der Waals surface area contributed by atoms with Crippen LogP contribution >= 0.6 is 11.6 Å². The van der Waals surface area contributed by atoms with Crippen LogP contribution in [0.3, 0.4) is 0 Å². The first-order valence-electron chi connectivity index (χ1n) is 6.77. The van der Waals surface area contributed by atoms with E-state index in [1.165, 1.54) is 0 Å². The number of amides is 1. The summed E-state index contributed by atoms with van der Waals surface area (Å²) in [5, 5.41) is 0.706. The molecule has 0 aromatic heterocycles. The summed E-state index contributed by atoms with van der Waals surface area (Å²) in [4.78, 5) is 14.2. The molecule has 1 fully saturated rings. The summed E-state index contributed by atoms with van der Waals surface area (Å²) in [7, 11) is 1.85. The van der Waals surface area contributed by atoms with Gasteiger partial charge < -0.3 is 10.6 Å². The predicted octanol–water partition coefficient (Wildman–Crippen LogP) is 2.99. The highest BCUT2D eigenvalue weighted by Crippen LogP contribution is 2.31. The van der Waals surface area contributed by atoms with Crippen LogP contribution in [0.5, 0.6) is 0 Å². The monoisotopic (exact) mass is 280 g/mol. The minimum Gasteiger partial charge on any atom is -0.339 e. The Kier molecular flexibility index (Phi) is 4.48. The summed E-state index contributed by atoms with van der Waals surface area (Å²) in [5.41, 5.74) is 6.87. The van der Waals surface area contributed by atoms with Gasteiger partial charge in [-0.25, -0.2) is 0 Å². The van der Waals surface area contributed by atoms with E-state index in [0.717, 1.165) is 24.8 Å². The molecule has 1 saturated carbocycles. The molecule has 104 valence electrons. The minimum atomic E-state index is -0.0157. The Morgan fingerprint density at radius 2 is 2.11 bits per heavy atom. The van der Waals surface area contributed by atoms with Gasteiger partial charge in [0.05, 0.1) is 6.04 Å². The molecule has 1 amide bonds. The summed E-state index contributed by atoms with van der Waals surface area (Å²) >= 11 is 6.19. The average Bonchev–Trinajstić information content (AvgIpc) is 2.83. The van der Waals surface area contributed by atoms with Gasteiger partial charge in [0.2, 0.25) is 5.91 Å². The second-order valence-electron chi connectivity index (χ2n) is 5.42. The quantitative estimate of drug-likeness (QED) is 0.925. The lowest BCUT2D eigenvalue weighted by Crippen LogP contribution is -2.34. The van der Waals surface area contributed by atoms with Crippen LogP contribution in [0.25, 0.3) is 0 Å². The number of nitrogens with zero attached hydrogens (tertiary/aromatic N) is 1. The van der Waals surface area contributed by atoms with Crippen molar-refractivity contribution in [1.29, 1.82) is 0 Å². The first kappa shape index (κ1) is 14.4. The van der Waals surface area contributed by atoms with Crippen LogP contribution in [-0.2, 0) is 4.79 Å². The Morgan fingerprint density at radius 3 is 2.68 bits per heavy atom. The third kappa shape index (κ3) is 3.10. The van der Waals surface area contributed by atoms with E-state index in [1.807, 2.05) is 38.2 Å². The number of hydrogen-bond donors (Lipinski definition) is 1. The molecule has 0 radical (unpaired) electrons. The fourth-order valence-electron chi connectivity index (χ4n) is 2.74. The molecule has 1 aliphatic rings. The summed E-state index contributed by atoms with van der Waals surface area (Å²) in [6.07, 6.45) is 2.66. The molecular weight excluding hydrogens is 260 g/mol. The maximum atomic E-state index is 12.4. The summed E-state index contributed by atoms with van der Waals surface area (Å²) in [6, 6.07) is 7.84.